The number of nitrogens with zero attached hydrogens (tertiary/aromatic N) is 3. The fourth-order valence-electron chi connectivity index (χ4n) is 3.97. The summed E-state index contributed by atoms with van der Waals surface area (Å²) in [7, 11) is -3.49. The largest absolute Gasteiger partial charge is 0.467 e. The lowest BCUT2D eigenvalue weighted by Crippen LogP contribution is -2.27. The average molecular weight is 474 g/mol. The van der Waals surface area contributed by atoms with Gasteiger partial charge in [0.2, 0.25) is 10.0 Å². The van der Waals surface area contributed by atoms with E-state index in [0.717, 1.165) is 30.0 Å². The molecule has 0 aliphatic carbocycles. The zero-order chi connectivity index (χ0) is 22.9. The zero-order valence-electron chi connectivity index (χ0n) is 18.4. The molecular weight excluding hydrogens is 446 g/mol. The van der Waals surface area contributed by atoms with Crippen LogP contribution in [0.3, 0.4) is 0 Å². The predicted octanol–water partition coefficient (Wildman–Crippen LogP) is 4.29. The molecule has 0 aromatic carbocycles. The number of hydrogen-bond acceptors (Lipinski definition) is 6. The van der Waals surface area contributed by atoms with E-state index in [9.17, 15) is 13.2 Å². The summed E-state index contributed by atoms with van der Waals surface area (Å²) in [6, 6.07) is 8.94. The monoisotopic (exact) mass is 473 g/mol. The Labute approximate surface area is 192 Å². The third-order valence-corrected chi connectivity index (χ3v) is 8.74. The van der Waals surface area contributed by atoms with Crippen molar-refractivity contribution in [2.45, 2.75) is 55.3 Å². The van der Waals surface area contributed by atoms with Gasteiger partial charge in [-0.15, -0.1) is 0 Å². The minimum Gasteiger partial charge on any atom is -0.467 e. The second-order valence-corrected chi connectivity index (χ2v) is 11.3. The molecule has 32 heavy (non-hydrogen) atoms. The molecule has 0 N–H and O–H groups in total. The molecule has 170 valence electrons. The van der Waals surface area contributed by atoms with Gasteiger partial charge in [-0.05, 0) is 63.9 Å². The van der Waals surface area contributed by atoms with Gasteiger partial charge in [-0.1, -0.05) is 11.8 Å². The number of thioether (sulfide) groups is 1. The smallest absolute Gasteiger partial charge is 0.244 e. The summed E-state index contributed by atoms with van der Waals surface area (Å²) < 4.78 is 34.3. The number of hydrogen-bond donors (Lipinski definition) is 0. The van der Waals surface area contributed by atoms with E-state index < -0.39 is 10.0 Å². The molecule has 0 unspecified atom stereocenters. The van der Waals surface area contributed by atoms with Gasteiger partial charge < -0.3 is 8.98 Å². The summed E-state index contributed by atoms with van der Waals surface area (Å²) in [5.74, 6) is 0.853. The van der Waals surface area contributed by atoms with Gasteiger partial charge in [0, 0.05) is 36.2 Å². The molecule has 0 amide bonds. The molecule has 0 radical (unpaired) electrons. The third-order valence-electron chi connectivity index (χ3n) is 5.81. The maximum Gasteiger partial charge on any atom is 0.244 e. The van der Waals surface area contributed by atoms with Crippen molar-refractivity contribution in [3.05, 3.63) is 65.5 Å². The summed E-state index contributed by atoms with van der Waals surface area (Å²) in [5, 5.41) is 0.261. The summed E-state index contributed by atoms with van der Waals surface area (Å²) in [6.45, 7) is 7.46. The first-order valence-corrected chi connectivity index (χ1v) is 13.0. The Morgan fingerprint density at radius 1 is 1.22 bits per heavy atom. The summed E-state index contributed by atoms with van der Waals surface area (Å²) in [4.78, 5) is 17.7. The Bertz CT molecular complexity index is 1190. The van der Waals surface area contributed by atoms with Crippen LogP contribution in [0.15, 0.2) is 57.1 Å². The number of carbonyl (C=O) groups excluding carboxylic acids is 1. The average Bonchev–Trinajstić information content (AvgIpc) is 3.53. The number of sulfonamides is 1. The first-order chi connectivity index (χ1) is 15.3. The predicted molar refractivity (Wildman–Crippen MR) is 124 cm³/mol. The Morgan fingerprint density at radius 2 is 1.97 bits per heavy atom. The van der Waals surface area contributed by atoms with Crippen LogP contribution in [0.1, 0.15) is 47.3 Å². The number of pyridine rings is 1. The quantitative estimate of drug-likeness (QED) is 0.358. The maximum atomic E-state index is 13.2. The van der Waals surface area contributed by atoms with Crippen molar-refractivity contribution in [1.29, 1.82) is 0 Å². The van der Waals surface area contributed by atoms with E-state index in [1.165, 1.54) is 22.3 Å². The zero-order valence-corrected chi connectivity index (χ0v) is 20.1. The van der Waals surface area contributed by atoms with Crippen molar-refractivity contribution in [2.75, 3.05) is 13.1 Å². The van der Waals surface area contributed by atoms with Crippen LogP contribution < -0.4 is 0 Å². The van der Waals surface area contributed by atoms with Crippen LogP contribution in [-0.4, -0.2) is 46.4 Å². The van der Waals surface area contributed by atoms with Crippen molar-refractivity contribution in [1.82, 2.24) is 13.9 Å². The normalized spacial score (nSPS) is 15.8. The van der Waals surface area contributed by atoms with Crippen LogP contribution in [0.2, 0.25) is 0 Å². The lowest BCUT2D eigenvalue weighted by Gasteiger charge is -2.15. The van der Waals surface area contributed by atoms with E-state index in [2.05, 4.69) is 9.55 Å². The number of aryl methyl sites for hydroxylation is 1. The van der Waals surface area contributed by atoms with Crippen molar-refractivity contribution in [3.63, 3.8) is 0 Å². The Kier molecular flexibility index (Phi) is 6.60. The van der Waals surface area contributed by atoms with Gasteiger partial charge in [0.25, 0.3) is 0 Å². The Morgan fingerprint density at radius 3 is 2.59 bits per heavy atom. The minimum absolute atomic E-state index is 0.0179. The lowest BCUT2D eigenvalue weighted by atomic mass is 10.1. The molecule has 7 nitrogen and oxygen atoms in total. The molecular formula is C23H27N3O4S2. The van der Waals surface area contributed by atoms with Gasteiger partial charge in [0.15, 0.2) is 5.78 Å². The summed E-state index contributed by atoms with van der Waals surface area (Å²) >= 11 is 1.33. The molecule has 9 heteroatoms. The van der Waals surface area contributed by atoms with Gasteiger partial charge in [-0.3, -0.25) is 4.79 Å². The second kappa shape index (κ2) is 9.25. The van der Waals surface area contributed by atoms with Crippen molar-refractivity contribution in [3.8, 4) is 0 Å². The summed E-state index contributed by atoms with van der Waals surface area (Å²) in [6.07, 6.45) is 4.82. The van der Waals surface area contributed by atoms with Crippen LogP contribution in [0, 0.1) is 13.8 Å². The van der Waals surface area contributed by atoms with E-state index in [0.29, 0.717) is 30.2 Å². The fourth-order valence-corrected chi connectivity index (χ4v) is 6.29. The van der Waals surface area contributed by atoms with Crippen molar-refractivity contribution in [2.24, 2.45) is 0 Å². The van der Waals surface area contributed by atoms with Gasteiger partial charge >= 0.3 is 0 Å². The Hall–Kier alpha value is -2.36. The van der Waals surface area contributed by atoms with Crippen LogP contribution in [0.25, 0.3) is 0 Å². The highest BCUT2D eigenvalue weighted by Crippen LogP contribution is 2.28. The van der Waals surface area contributed by atoms with E-state index in [-0.39, 0.29) is 15.9 Å². The first-order valence-electron chi connectivity index (χ1n) is 10.6. The molecule has 3 aromatic rings. The molecule has 4 heterocycles. The third kappa shape index (κ3) is 4.55. The van der Waals surface area contributed by atoms with E-state index in [1.807, 2.05) is 39.0 Å². The molecule has 1 fully saturated rings. The number of carbonyl (C=O) groups is 1. The van der Waals surface area contributed by atoms with Gasteiger partial charge in [0.05, 0.1) is 23.1 Å². The van der Waals surface area contributed by atoms with Crippen LogP contribution >= 0.6 is 11.8 Å². The molecule has 3 aromatic heterocycles. The van der Waals surface area contributed by atoms with Crippen molar-refractivity contribution < 1.29 is 17.6 Å². The van der Waals surface area contributed by atoms with E-state index in [1.54, 1.807) is 18.4 Å². The topological polar surface area (TPSA) is 85.4 Å². The number of furan rings is 1. The maximum absolute atomic E-state index is 13.2. The SMILES string of the molecule is Cc1cc(C(=O)[C@H](C)Sc2ccc(S(=O)(=O)N3CCCC3)cn2)c(C)n1Cc1ccco1. The fraction of sp³-hybridized carbons (Fsp3) is 0.391. The molecule has 1 atom stereocenters. The molecule has 4 rings (SSSR count). The number of Topliss-reactive ketones (excluding diaryl/α,β-unsaturated/α-hetero) is 1. The highest BCUT2D eigenvalue weighted by molar-refractivity contribution is 8.00. The molecule has 0 saturated carbocycles. The molecule has 0 spiro atoms. The number of ketones is 1. The van der Waals surface area contributed by atoms with Gasteiger partial charge in [0.1, 0.15) is 10.7 Å². The highest BCUT2D eigenvalue weighted by Gasteiger charge is 2.28. The van der Waals surface area contributed by atoms with Crippen LogP contribution in [0.5, 0.6) is 0 Å². The minimum atomic E-state index is -3.49. The highest BCUT2D eigenvalue weighted by atomic mass is 32.2. The van der Waals surface area contributed by atoms with Gasteiger partial charge in [-0.2, -0.15) is 4.31 Å². The second-order valence-electron chi connectivity index (χ2n) is 8.02. The van der Waals surface area contributed by atoms with Crippen LogP contribution in [-0.2, 0) is 16.6 Å². The van der Waals surface area contributed by atoms with Gasteiger partial charge in [-0.25, -0.2) is 13.4 Å². The lowest BCUT2D eigenvalue weighted by molar-refractivity contribution is 0.0993. The number of rotatable bonds is 8. The standard InChI is InChI=1S/C23H27N3O4S2/c1-16-13-21(17(2)26(16)15-19-7-6-12-30-19)23(27)18(3)31-22-9-8-20(14-24-22)32(28,29)25-10-4-5-11-25/h6-9,12-14,18H,4-5,10-11,15H2,1-3H3/t18-/m0/s1. The molecule has 1 aliphatic heterocycles. The van der Waals surface area contributed by atoms with Crippen molar-refractivity contribution >= 4 is 27.6 Å². The Balaban J connectivity index is 1.46. The van der Waals surface area contributed by atoms with E-state index in [4.69, 9.17) is 4.42 Å². The molecule has 1 saturated heterocycles. The molecule has 1 aliphatic rings. The first kappa shape index (κ1) is 22.8. The summed E-state index contributed by atoms with van der Waals surface area (Å²) in [5.41, 5.74) is 2.58. The van der Waals surface area contributed by atoms with Crippen LogP contribution in [0.4, 0.5) is 0 Å². The number of aromatic nitrogens is 2. The van der Waals surface area contributed by atoms with E-state index >= 15 is 0 Å². The molecule has 0 bridgehead atoms.